The molecule has 1 saturated heterocycles. The van der Waals surface area contributed by atoms with Gasteiger partial charge in [0.05, 0.1) is 52.5 Å². The second-order valence-electron chi connectivity index (χ2n) is 12.3. The van der Waals surface area contributed by atoms with Crippen molar-refractivity contribution in [1.29, 1.82) is 5.26 Å². The van der Waals surface area contributed by atoms with E-state index in [0.29, 0.717) is 44.8 Å². The SMILES string of the molecule is COc1ccc(Nc2c(C#N)cnc3c(Cl)cc(N[C@H](C4=CN(C5CCN(C(C)(C)C)CC5)NN4)c4ccccc4)cc23)cn1. The van der Waals surface area contributed by atoms with Crippen LogP contribution in [-0.2, 0) is 0 Å². The summed E-state index contributed by atoms with van der Waals surface area (Å²) in [7, 11) is 1.57. The number of fused-ring (bicyclic) bond motifs is 1. The number of hydrogen-bond donors (Lipinski definition) is 4. The number of likely N-dealkylation sites (tertiary alicyclic amines) is 1. The first kappa shape index (κ1) is 30.5. The van der Waals surface area contributed by atoms with Gasteiger partial charge in [-0.2, -0.15) is 5.26 Å². The summed E-state index contributed by atoms with van der Waals surface area (Å²) >= 11 is 6.83. The molecule has 0 unspecified atom stereocenters. The Labute approximate surface area is 269 Å². The average Bonchev–Trinajstić information content (AvgIpc) is 3.54. The third-order valence-electron chi connectivity index (χ3n) is 8.43. The molecule has 232 valence electrons. The highest BCUT2D eigenvalue weighted by Crippen LogP contribution is 2.37. The topological polar surface area (TPSA) is 113 Å². The van der Waals surface area contributed by atoms with Gasteiger partial charge >= 0.3 is 0 Å². The quantitative estimate of drug-likeness (QED) is 0.174. The van der Waals surface area contributed by atoms with Crippen LogP contribution in [0.15, 0.2) is 78.9 Å². The number of nitrogens with zero attached hydrogens (tertiary/aromatic N) is 5. The van der Waals surface area contributed by atoms with Crippen LogP contribution in [0.4, 0.5) is 17.1 Å². The number of anilines is 3. The van der Waals surface area contributed by atoms with Crippen LogP contribution in [0, 0.1) is 11.3 Å². The molecule has 4 heterocycles. The lowest BCUT2D eigenvalue weighted by Gasteiger charge is -2.42. The smallest absolute Gasteiger partial charge is 0.213 e. The number of rotatable bonds is 8. The number of piperidine rings is 1. The Morgan fingerprint density at radius 2 is 1.82 bits per heavy atom. The van der Waals surface area contributed by atoms with Crippen LogP contribution >= 0.6 is 11.6 Å². The van der Waals surface area contributed by atoms with Crippen molar-refractivity contribution in [2.45, 2.75) is 51.2 Å². The third-order valence-corrected chi connectivity index (χ3v) is 8.72. The van der Waals surface area contributed by atoms with E-state index in [4.69, 9.17) is 16.3 Å². The van der Waals surface area contributed by atoms with Crippen LogP contribution in [0.3, 0.4) is 0 Å². The number of ether oxygens (including phenoxy) is 1. The minimum absolute atomic E-state index is 0.177. The van der Waals surface area contributed by atoms with Gasteiger partial charge in [-0.15, -0.1) is 5.53 Å². The monoisotopic (exact) mass is 623 g/mol. The van der Waals surface area contributed by atoms with Crippen molar-refractivity contribution in [1.82, 2.24) is 30.8 Å². The van der Waals surface area contributed by atoms with E-state index in [1.54, 1.807) is 19.4 Å². The molecular formula is C34H38ClN9O. The van der Waals surface area contributed by atoms with Crippen molar-refractivity contribution in [3.05, 3.63) is 95.0 Å². The van der Waals surface area contributed by atoms with E-state index in [-0.39, 0.29) is 11.6 Å². The molecule has 0 amide bonds. The molecule has 4 N–H and O–H groups in total. The number of hydrogen-bond acceptors (Lipinski definition) is 10. The molecule has 0 spiro atoms. The van der Waals surface area contributed by atoms with Gasteiger partial charge in [0.15, 0.2) is 0 Å². The number of pyridine rings is 2. The van der Waals surface area contributed by atoms with Gasteiger partial charge in [0.1, 0.15) is 6.07 Å². The maximum Gasteiger partial charge on any atom is 0.213 e. The zero-order valence-electron chi connectivity index (χ0n) is 25.9. The fourth-order valence-corrected chi connectivity index (χ4v) is 6.20. The van der Waals surface area contributed by atoms with E-state index in [1.165, 1.54) is 6.20 Å². The largest absolute Gasteiger partial charge is 0.481 e. The van der Waals surface area contributed by atoms with E-state index in [9.17, 15) is 5.26 Å². The first-order chi connectivity index (χ1) is 21.7. The predicted octanol–water partition coefficient (Wildman–Crippen LogP) is 6.49. The fraction of sp³-hybridized carbons (Fsp3) is 0.324. The molecule has 0 bridgehead atoms. The maximum absolute atomic E-state index is 9.96. The summed E-state index contributed by atoms with van der Waals surface area (Å²) in [6, 6.07) is 20.2. The van der Waals surface area contributed by atoms with E-state index >= 15 is 0 Å². The van der Waals surface area contributed by atoms with Crippen molar-refractivity contribution in [2.75, 3.05) is 30.8 Å². The minimum atomic E-state index is -0.207. The summed E-state index contributed by atoms with van der Waals surface area (Å²) in [4.78, 5) is 11.4. The van der Waals surface area contributed by atoms with Gasteiger partial charge in [-0.05, 0) is 57.4 Å². The second kappa shape index (κ2) is 12.8. The molecule has 2 aliphatic heterocycles. The first-order valence-electron chi connectivity index (χ1n) is 15.1. The van der Waals surface area contributed by atoms with Crippen molar-refractivity contribution in [3.63, 3.8) is 0 Å². The van der Waals surface area contributed by atoms with Gasteiger partial charge in [-0.25, -0.2) is 4.98 Å². The summed E-state index contributed by atoms with van der Waals surface area (Å²) in [6.45, 7) is 8.97. The molecule has 0 radical (unpaired) electrons. The number of hydrazine groups is 2. The lowest BCUT2D eigenvalue weighted by atomic mass is 9.98. The van der Waals surface area contributed by atoms with Gasteiger partial charge in [-0.3, -0.25) is 14.9 Å². The Kier molecular flexibility index (Phi) is 8.67. The highest BCUT2D eigenvalue weighted by atomic mass is 35.5. The number of nitrogens with one attached hydrogen (secondary N) is 4. The first-order valence-corrected chi connectivity index (χ1v) is 15.5. The van der Waals surface area contributed by atoms with Crippen molar-refractivity contribution >= 4 is 39.6 Å². The Balaban J connectivity index is 1.31. The van der Waals surface area contributed by atoms with E-state index < -0.39 is 0 Å². The summed E-state index contributed by atoms with van der Waals surface area (Å²) < 4.78 is 5.19. The molecule has 1 atom stereocenters. The summed E-state index contributed by atoms with van der Waals surface area (Å²) in [5.41, 5.74) is 12.2. The predicted molar refractivity (Wildman–Crippen MR) is 179 cm³/mol. The van der Waals surface area contributed by atoms with Gasteiger partial charge in [-0.1, -0.05) is 41.9 Å². The van der Waals surface area contributed by atoms with Crippen LogP contribution in [0.5, 0.6) is 5.88 Å². The summed E-state index contributed by atoms with van der Waals surface area (Å²) in [5.74, 6) is 0.500. The molecular weight excluding hydrogens is 586 g/mol. The average molecular weight is 624 g/mol. The number of benzene rings is 2. The van der Waals surface area contributed by atoms with Gasteiger partial charge < -0.3 is 20.8 Å². The molecule has 4 aromatic rings. The van der Waals surface area contributed by atoms with Gasteiger partial charge in [0, 0.05) is 54.2 Å². The van der Waals surface area contributed by atoms with Crippen LogP contribution in [-0.4, -0.2) is 51.7 Å². The molecule has 2 aromatic heterocycles. The lowest BCUT2D eigenvalue weighted by Crippen LogP contribution is -2.52. The highest BCUT2D eigenvalue weighted by molar-refractivity contribution is 6.36. The van der Waals surface area contributed by atoms with E-state index in [1.807, 2.05) is 36.4 Å². The standard InChI is InChI=1S/C34H38ClN9O/c1-34(2,3)43-14-12-26(13-15-43)44-21-29(41-42-44)32(22-8-6-5-7-9-22)40-25-16-27-31(39-24-10-11-30(45-4)37-20-24)23(18-36)19-38-33(27)28(35)17-25/h5-11,16-17,19-21,26,32,40-42H,12-15H2,1-4H3,(H,38,39)/t32-/m0/s1. The normalized spacial score (nSPS) is 16.5. The molecule has 0 aliphatic carbocycles. The summed E-state index contributed by atoms with van der Waals surface area (Å²) in [6.07, 6.45) is 7.52. The Bertz CT molecular complexity index is 1720. The third kappa shape index (κ3) is 6.61. The summed E-state index contributed by atoms with van der Waals surface area (Å²) in [5, 5.41) is 20.4. The Morgan fingerprint density at radius 1 is 1.04 bits per heavy atom. The van der Waals surface area contributed by atoms with E-state index in [2.05, 4.69) is 86.6 Å². The molecule has 2 aromatic carbocycles. The van der Waals surface area contributed by atoms with E-state index in [0.717, 1.165) is 42.9 Å². The second-order valence-corrected chi connectivity index (χ2v) is 12.7. The number of nitriles is 1. The Hall–Kier alpha value is -4.56. The number of halogens is 1. The van der Waals surface area contributed by atoms with Gasteiger partial charge in [0.25, 0.3) is 0 Å². The molecule has 2 aliphatic rings. The molecule has 1 fully saturated rings. The molecule has 6 rings (SSSR count). The zero-order valence-corrected chi connectivity index (χ0v) is 26.7. The lowest BCUT2D eigenvalue weighted by molar-refractivity contribution is 0.0570. The van der Waals surface area contributed by atoms with Crippen molar-refractivity contribution in [2.24, 2.45) is 0 Å². The van der Waals surface area contributed by atoms with Crippen LogP contribution in [0.25, 0.3) is 10.9 Å². The molecule has 45 heavy (non-hydrogen) atoms. The molecule has 10 nitrogen and oxygen atoms in total. The van der Waals surface area contributed by atoms with Gasteiger partial charge in [0.2, 0.25) is 5.88 Å². The Morgan fingerprint density at radius 3 is 2.49 bits per heavy atom. The van der Waals surface area contributed by atoms with Crippen LogP contribution in [0.2, 0.25) is 5.02 Å². The maximum atomic E-state index is 9.96. The molecule has 0 saturated carbocycles. The minimum Gasteiger partial charge on any atom is -0.481 e. The van der Waals surface area contributed by atoms with Crippen molar-refractivity contribution in [3.8, 4) is 11.9 Å². The molecule has 11 heteroatoms. The highest BCUT2D eigenvalue weighted by Gasteiger charge is 2.32. The van der Waals surface area contributed by atoms with Crippen molar-refractivity contribution < 1.29 is 4.74 Å². The number of methoxy groups -OCH3 is 1. The fourth-order valence-electron chi connectivity index (χ4n) is 5.94. The van der Waals surface area contributed by atoms with Crippen LogP contribution < -0.4 is 26.3 Å². The zero-order chi connectivity index (χ0) is 31.6. The number of aromatic nitrogens is 2. The van der Waals surface area contributed by atoms with Crippen LogP contribution in [0.1, 0.15) is 50.8 Å².